The summed E-state index contributed by atoms with van der Waals surface area (Å²) in [5, 5.41) is 28.3. The van der Waals surface area contributed by atoms with Gasteiger partial charge in [-0.15, -0.1) is 0 Å². The van der Waals surface area contributed by atoms with Crippen LogP contribution in [-0.4, -0.2) is 44.9 Å². The van der Waals surface area contributed by atoms with Gasteiger partial charge in [-0.2, -0.15) is 0 Å². The van der Waals surface area contributed by atoms with Gasteiger partial charge in [-0.05, 0) is 6.42 Å². The number of unbranched alkanes of at least 4 members (excludes halogenated alkanes) is 7. The average Bonchev–Trinajstić information content (AvgIpc) is 2.75. The van der Waals surface area contributed by atoms with Crippen LogP contribution in [0.2, 0.25) is 0 Å². The van der Waals surface area contributed by atoms with Gasteiger partial charge in [-0.3, -0.25) is 4.79 Å². The minimum absolute atomic E-state index is 0.111. The van der Waals surface area contributed by atoms with E-state index in [0.29, 0.717) is 6.42 Å². The highest BCUT2D eigenvalue weighted by Crippen LogP contribution is 2.36. The van der Waals surface area contributed by atoms with Crippen molar-refractivity contribution in [3.63, 3.8) is 0 Å². The normalized spacial score (nSPS) is 27.0. The van der Waals surface area contributed by atoms with Gasteiger partial charge < -0.3 is 20.1 Å². The van der Waals surface area contributed by atoms with E-state index in [1.54, 1.807) is 0 Å². The van der Waals surface area contributed by atoms with Gasteiger partial charge in [-0.1, -0.05) is 58.3 Å². The zero-order chi connectivity index (χ0) is 17.5. The summed E-state index contributed by atoms with van der Waals surface area (Å²) in [5.41, 5.74) is -2.69. The summed E-state index contributed by atoms with van der Waals surface area (Å²) in [6.07, 6.45) is 6.23. The quantitative estimate of drug-likeness (QED) is 0.391. The summed E-state index contributed by atoms with van der Waals surface area (Å²) in [7, 11) is 0. The molecule has 1 heterocycles. The number of carboxylic acids is 2. The van der Waals surface area contributed by atoms with E-state index in [1.165, 1.54) is 19.3 Å². The molecule has 0 amide bonds. The van der Waals surface area contributed by atoms with E-state index >= 15 is 0 Å². The molecule has 7 heteroatoms. The van der Waals surface area contributed by atoms with Crippen molar-refractivity contribution < 1.29 is 34.4 Å². The van der Waals surface area contributed by atoms with Crippen LogP contribution in [0.15, 0.2) is 0 Å². The minimum Gasteiger partial charge on any atom is -0.479 e. The Labute approximate surface area is 135 Å². The van der Waals surface area contributed by atoms with E-state index in [4.69, 9.17) is 10.2 Å². The predicted octanol–water partition coefficient (Wildman–Crippen LogP) is 1.96. The van der Waals surface area contributed by atoms with E-state index in [0.717, 1.165) is 25.7 Å². The van der Waals surface area contributed by atoms with E-state index in [2.05, 4.69) is 11.7 Å². The van der Waals surface area contributed by atoms with Crippen molar-refractivity contribution in [1.82, 2.24) is 0 Å². The topological polar surface area (TPSA) is 121 Å². The van der Waals surface area contributed by atoms with Crippen molar-refractivity contribution in [2.45, 2.75) is 76.4 Å². The second-order valence-electron chi connectivity index (χ2n) is 6.10. The number of ether oxygens (including phenoxy) is 1. The first kappa shape index (κ1) is 19.4. The number of aliphatic carboxylic acids is 2. The first-order chi connectivity index (χ1) is 10.9. The SMILES string of the molecule is CCCCCCCCCC[C@@H]1C(=O)O[C@H](C(=O)O)[C@@]1(O)C(=O)O. The van der Waals surface area contributed by atoms with Gasteiger partial charge in [0.05, 0.1) is 0 Å². The minimum atomic E-state index is -2.69. The van der Waals surface area contributed by atoms with Gasteiger partial charge in [-0.25, -0.2) is 9.59 Å². The molecule has 0 aromatic heterocycles. The smallest absolute Gasteiger partial charge is 0.348 e. The summed E-state index contributed by atoms with van der Waals surface area (Å²) in [4.78, 5) is 34.0. The number of carboxylic acid groups (broad SMARTS) is 2. The molecule has 1 saturated heterocycles. The molecule has 3 N–H and O–H groups in total. The summed E-state index contributed by atoms with van der Waals surface area (Å²) in [5.74, 6) is -5.67. The second kappa shape index (κ2) is 8.86. The fourth-order valence-corrected chi connectivity index (χ4v) is 2.97. The highest BCUT2D eigenvalue weighted by atomic mass is 16.6. The van der Waals surface area contributed by atoms with Gasteiger partial charge in [0.2, 0.25) is 11.7 Å². The van der Waals surface area contributed by atoms with Crippen LogP contribution in [0.4, 0.5) is 0 Å². The number of cyclic esters (lactones) is 1. The highest BCUT2D eigenvalue weighted by molar-refractivity contribution is 5.97. The van der Waals surface area contributed by atoms with Gasteiger partial charge in [0.15, 0.2) is 0 Å². The Kier molecular flexibility index (Phi) is 7.48. The molecule has 1 aliphatic rings. The van der Waals surface area contributed by atoms with Crippen molar-refractivity contribution in [3.8, 4) is 0 Å². The number of rotatable bonds is 11. The lowest BCUT2D eigenvalue weighted by Crippen LogP contribution is -2.54. The fraction of sp³-hybridized carbons (Fsp3) is 0.812. The first-order valence-corrected chi connectivity index (χ1v) is 8.24. The molecule has 23 heavy (non-hydrogen) atoms. The summed E-state index contributed by atoms with van der Waals surface area (Å²) >= 11 is 0. The number of aliphatic hydroxyl groups is 1. The molecule has 1 rings (SSSR count). The average molecular weight is 330 g/mol. The first-order valence-electron chi connectivity index (χ1n) is 8.24. The third-order valence-corrected chi connectivity index (χ3v) is 4.36. The summed E-state index contributed by atoms with van der Waals surface area (Å²) < 4.78 is 4.57. The summed E-state index contributed by atoms with van der Waals surface area (Å²) in [6, 6.07) is 0. The van der Waals surface area contributed by atoms with E-state index in [9.17, 15) is 19.5 Å². The maximum atomic E-state index is 11.7. The third kappa shape index (κ3) is 4.67. The fourth-order valence-electron chi connectivity index (χ4n) is 2.97. The molecule has 0 unspecified atom stereocenters. The van der Waals surface area contributed by atoms with Crippen LogP contribution in [0.25, 0.3) is 0 Å². The highest BCUT2D eigenvalue weighted by Gasteiger charge is 2.64. The molecule has 1 aliphatic heterocycles. The zero-order valence-corrected chi connectivity index (χ0v) is 13.5. The molecule has 3 atom stereocenters. The molecule has 0 aromatic carbocycles. The number of hydrogen-bond acceptors (Lipinski definition) is 5. The van der Waals surface area contributed by atoms with Crippen molar-refractivity contribution >= 4 is 17.9 Å². The van der Waals surface area contributed by atoms with Crippen molar-refractivity contribution in [2.24, 2.45) is 5.92 Å². The Balaban J connectivity index is 2.46. The largest absolute Gasteiger partial charge is 0.479 e. The molecule has 0 spiro atoms. The monoisotopic (exact) mass is 330 g/mol. The van der Waals surface area contributed by atoms with Crippen molar-refractivity contribution in [2.75, 3.05) is 0 Å². The summed E-state index contributed by atoms with van der Waals surface area (Å²) in [6.45, 7) is 2.15. The molecule has 0 aliphatic carbocycles. The lowest BCUT2D eigenvalue weighted by molar-refractivity contribution is -0.179. The molecule has 0 aromatic rings. The van der Waals surface area contributed by atoms with Crippen LogP contribution in [-0.2, 0) is 19.1 Å². The second-order valence-corrected chi connectivity index (χ2v) is 6.10. The van der Waals surface area contributed by atoms with E-state index in [1.807, 2.05) is 0 Å². The molecule has 0 saturated carbocycles. The van der Waals surface area contributed by atoms with Crippen LogP contribution in [0, 0.1) is 5.92 Å². The number of esters is 1. The van der Waals surface area contributed by atoms with E-state index in [-0.39, 0.29) is 6.42 Å². The third-order valence-electron chi connectivity index (χ3n) is 4.36. The Bertz CT molecular complexity index is 434. The maximum Gasteiger partial charge on any atom is 0.348 e. The molecule has 132 valence electrons. The van der Waals surface area contributed by atoms with Gasteiger partial charge in [0.1, 0.15) is 5.92 Å². The Morgan fingerprint density at radius 3 is 2.04 bits per heavy atom. The number of hydrogen-bond donors (Lipinski definition) is 3. The van der Waals surface area contributed by atoms with Crippen LogP contribution in [0.3, 0.4) is 0 Å². The Hall–Kier alpha value is -1.63. The molecular weight excluding hydrogens is 304 g/mol. The molecule has 1 fully saturated rings. The Morgan fingerprint density at radius 1 is 1.04 bits per heavy atom. The Morgan fingerprint density at radius 2 is 1.57 bits per heavy atom. The molecule has 7 nitrogen and oxygen atoms in total. The van der Waals surface area contributed by atoms with Crippen LogP contribution < -0.4 is 0 Å². The van der Waals surface area contributed by atoms with Gasteiger partial charge in [0, 0.05) is 0 Å². The maximum absolute atomic E-state index is 11.7. The van der Waals surface area contributed by atoms with Gasteiger partial charge >= 0.3 is 17.9 Å². The van der Waals surface area contributed by atoms with Crippen LogP contribution in [0.5, 0.6) is 0 Å². The molecule has 0 radical (unpaired) electrons. The lowest BCUT2D eigenvalue weighted by atomic mass is 9.82. The predicted molar refractivity (Wildman–Crippen MR) is 80.8 cm³/mol. The van der Waals surface area contributed by atoms with Crippen LogP contribution in [0.1, 0.15) is 64.7 Å². The van der Waals surface area contributed by atoms with Crippen LogP contribution >= 0.6 is 0 Å². The molecule has 0 bridgehead atoms. The lowest BCUT2D eigenvalue weighted by Gasteiger charge is -2.24. The standard InChI is InChI=1S/C16H26O7/c1-2-3-4-5-6-7-8-9-10-11-14(19)23-12(13(17)18)16(11,22)15(20)21/h11-12,22H,2-10H2,1H3,(H,17,18)(H,20,21)/t11-,12-,16-/m1/s1. The van der Waals surface area contributed by atoms with E-state index < -0.39 is 35.5 Å². The number of carbonyl (C=O) groups excluding carboxylic acids is 1. The molecular formula is C16H26O7. The number of carbonyl (C=O) groups is 3. The zero-order valence-electron chi connectivity index (χ0n) is 13.5. The van der Waals surface area contributed by atoms with Gasteiger partial charge in [0.25, 0.3) is 0 Å². The van der Waals surface area contributed by atoms with Crippen molar-refractivity contribution in [1.29, 1.82) is 0 Å². The van der Waals surface area contributed by atoms with Crippen molar-refractivity contribution in [3.05, 3.63) is 0 Å².